The molecule has 3 aromatic rings. The van der Waals surface area contributed by atoms with Gasteiger partial charge >= 0.3 is 0 Å². The minimum absolute atomic E-state index is 0.197. The Balaban J connectivity index is 1.75. The number of halogens is 1. The molecule has 4 rings (SSSR count). The van der Waals surface area contributed by atoms with Gasteiger partial charge in [-0.05, 0) is 35.9 Å². The molecule has 1 atom stereocenters. The fourth-order valence-corrected chi connectivity index (χ4v) is 3.25. The summed E-state index contributed by atoms with van der Waals surface area (Å²) in [5.41, 5.74) is 4.51. The normalized spacial score (nSPS) is 17.0. The molecule has 0 radical (unpaired) electrons. The fourth-order valence-electron chi connectivity index (χ4n) is 2.98. The number of anilines is 1. The lowest BCUT2D eigenvalue weighted by molar-refractivity contribution is 0.709. The van der Waals surface area contributed by atoms with Gasteiger partial charge in [0.05, 0.1) is 17.4 Å². The standard InChI is InChI=1S/C20H16BrN3/c21-17-8-10-18(11-9-17)24-20(15-5-2-1-3-6-15)13-19(23-24)16-7-4-12-22-14-16/h1-12,14,20H,13H2. The van der Waals surface area contributed by atoms with Crippen molar-refractivity contribution in [2.75, 3.05) is 5.01 Å². The number of rotatable bonds is 3. The monoisotopic (exact) mass is 377 g/mol. The minimum Gasteiger partial charge on any atom is -0.264 e. The van der Waals surface area contributed by atoms with E-state index in [-0.39, 0.29) is 6.04 Å². The Labute approximate surface area is 149 Å². The van der Waals surface area contributed by atoms with E-state index in [0.717, 1.165) is 27.9 Å². The van der Waals surface area contributed by atoms with E-state index in [4.69, 9.17) is 5.10 Å². The van der Waals surface area contributed by atoms with Gasteiger partial charge in [0.25, 0.3) is 0 Å². The number of hydrazone groups is 1. The molecular formula is C20H16BrN3. The van der Waals surface area contributed by atoms with Crippen molar-refractivity contribution in [3.63, 3.8) is 0 Å². The van der Waals surface area contributed by atoms with Crippen LogP contribution in [-0.2, 0) is 0 Å². The number of aromatic nitrogens is 1. The van der Waals surface area contributed by atoms with Gasteiger partial charge in [-0.25, -0.2) is 0 Å². The van der Waals surface area contributed by atoms with Crippen LogP contribution in [0.5, 0.6) is 0 Å². The highest BCUT2D eigenvalue weighted by Crippen LogP contribution is 2.36. The molecule has 118 valence electrons. The Morgan fingerprint density at radius 2 is 1.71 bits per heavy atom. The maximum Gasteiger partial charge on any atom is 0.0831 e. The topological polar surface area (TPSA) is 28.5 Å². The third kappa shape index (κ3) is 2.97. The van der Waals surface area contributed by atoms with E-state index in [9.17, 15) is 0 Å². The van der Waals surface area contributed by atoms with Crippen LogP contribution in [0, 0.1) is 0 Å². The molecule has 0 amide bonds. The molecule has 0 saturated heterocycles. The SMILES string of the molecule is Brc1ccc(N2N=C(c3cccnc3)CC2c2ccccc2)cc1. The first-order valence-electron chi connectivity index (χ1n) is 7.89. The van der Waals surface area contributed by atoms with Gasteiger partial charge in [-0.3, -0.25) is 9.99 Å². The molecule has 1 aliphatic heterocycles. The van der Waals surface area contributed by atoms with Gasteiger partial charge in [-0.15, -0.1) is 0 Å². The summed E-state index contributed by atoms with van der Waals surface area (Å²) in [7, 11) is 0. The third-order valence-corrected chi connectivity index (χ3v) is 4.71. The molecular weight excluding hydrogens is 362 g/mol. The molecule has 0 aliphatic carbocycles. The average Bonchev–Trinajstić information content (AvgIpc) is 3.09. The van der Waals surface area contributed by atoms with Gasteiger partial charge in [-0.1, -0.05) is 52.3 Å². The smallest absolute Gasteiger partial charge is 0.0831 e. The summed E-state index contributed by atoms with van der Waals surface area (Å²) < 4.78 is 1.07. The van der Waals surface area contributed by atoms with Gasteiger partial charge in [-0.2, -0.15) is 5.10 Å². The number of nitrogens with zero attached hydrogens (tertiary/aromatic N) is 3. The number of hydrogen-bond acceptors (Lipinski definition) is 3. The second-order valence-electron chi connectivity index (χ2n) is 5.74. The maximum atomic E-state index is 4.91. The second kappa shape index (κ2) is 6.57. The van der Waals surface area contributed by atoms with Crippen LogP contribution in [0.15, 0.2) is 88.7 Å². The lowest BCUT2D eigenvalue weighted by Gasteiger charge is -2.24. The van der Waals surface area contributed by atoms with E-state index in [0.29, 0.717) is 0 Å². The lowest BCUT2D eigenvalue weighted by Crippen LogP contribution is -2.18. The van der Waals surface area contributed by atoms with Crippen LogP contribution >= 0.6 is 15.9 Å². The Morgan fingerprint density at radius 1 is 0.917 bits per heavy atom. The van der Waals surface area contributed by atoms with Crippen molar-refractivity contribution in [1.29, 1.82) is 0 Å². The molecule has 1 aliphatic rings. The van der Waals surface area contributed by atoms with Gasteiger partial charge in [0.2, 0.25) is 0 Å². The summed E-state index contributed by atoms with van der Waals surface area (Å²) in [6, 6.07) is 23.0. The Bertz CT molecular complexity index is 845. The first-order chi connectivity index (χ1) is 11.8. The van der Waals surface area contributed by atoms with Crippen molar-refractivity contribution < 1.29 is 0 Å². The zero-order chi connectivity index (χ0) is 16.4. The van der Waals surface area contributed by atoms with E-state index >= 15 is 0 Å². The van der Waals surface area contributed by atoms with E-state index in [1.807, 2.05) is 18.3 Å². The van der Waals surface area contributed by atoms with Crippen LogP contribution in [-0.4, -0.2) is 10.7 Å². The van der Waals surface area contributed by atoms with E-state index in [1.165, 1.54) is 5.56 Å². The molecule has 2 heterocycles. The molecule has 3 nitrogen and oxygen atoms in total. The molecule has 0 fully saturated rings. The quantitative estimate of drug-likeness (QED) is 0.627. The largest absolute Gasteiger partial charge is 0.264 e. The highest BCUT2D eigenvalue weighted by Gasteiger charge is 2.29. The minimum atomic E-state index is 0.197. The second-order valence-corrected chi connectivity index (χ2v) is 6.66. The molecule has 0 N–H and O–H groups in total. The Kier molecular flexibility index (Phi) is 4.13. The van der Waals surface area contributed by atoms with Gasteiger partial charge < -0.3 is 0 Å². The van der Waals surface area contributed by atoms with Gasteiger partial charge in [0.15, 0.2) is 0 Å². The summed E-state index contributed by atoms with van der Waals surface area (Å²) in [5.74, 6) is 0. The summed E-state index contributed by atoms with van der Waals surface area (Å²) in [4.78, 5) is 4.23. The Hall–Kier alpha value is -2.46. The zero-order valence-corrected chi connectivity index (χ0v) is 14.6. The van der Waals surface area contributed by atoms with Crippen LogP contribution in [0.4, 0.5) is 5.69 Å². The average molecular weight is 378 g/mol. The van der Waals surface area contributed by atoms with Crippen molar-refractivity contribution in [3.8, 4) is 0 Å². The summed E-state index contributed by atoms with van der Waals surface area (Å²) in [5, 5.41) is 7.03. The van der Waals surface area contributed by atoms with E-state index in [1.54, 1.807) is 6.20 Å². The predicted molar refractivity (Wildman–Crippen MR) is 101 cm³/mol. The molecule has 1 aromatic heterocycles. The van der Waals surface area contributed by atoms with Crippen molar-refractivity contribution in [3.05, 3.63) is 94.7 Å². The molecule has 0 saturated carbocycles. The lowest BCUT2D eigenvalue weighted by atomic mass is 9.99. The molecule has 24 heavy (non-hydrogen) atoms. The Morgan fingerprint density at radius 3 is 2.42 bits per heavy atom. The van der Waals surface area contributed by atoms with E-state index < -0.39 is 0 Å². The van der Waals surface area contributed by atoms with Crippen LogP contribution in [0.3, 0.4) is 0 Å². The van der Waals surface area contributed by atoms with Crippen LogP contribution in [0.2, 0.25) is 0 Å². The molecule has 1 unspecified atom stereocenters. The highest BCUT2D eigenvalue weighted by atomic mass is 79.9. The fraction of sp³-hybridized carbons (Fsp3) is 0.100. The third-order valence-electron chi connectivity index (χ3n) is 4.18. The predicted octanol–water partition coefficient (Wildman–Crippen LogP) is 5.20. The number of hydrogen-bond donors (Lipinski definition) is 0. The van der Waals surface area contributed by atoms with E-state index in [2.05, 4.69) is 80.5 Å². The molecule has 2 aromatic carbocycles. The van der Waals surface area contributed by atoms with Crippen LogP contribution in [0.25, 0.3) is 0 Å². The number of benzene rings is 2. The zero-order valence-electron chi connectivity index (χ0n) is 13.0. The summed E-state index contributed by atoms with van der Waals surface area (Å²) in [6.45, 7) is 0. The molecule has 4 heteroatoms. The highest BCUT2D eigenvalue weighted by molar-refractivity contribution is 9.10. The first kappa shape index (κ1) is 15.1. The summed E-state index contributed by atoms with van der Waals surface area (Å²) in [6.07, 6.45) is 4.54. The molecule has 0 bridgehead atoms. The summed E-state index contributed by atoms with van der Waals surface area (Å²) >= 11 is 3.50. The van der Waals surface area contributed by atoms with Gasteiger partial charge in [0.1, 0.15) is 0 Å². The van der Waals surface area contributed by atoms with Crippen LogP contribution < -0.4 is 5.01 Å². The van der Waals surface area contributed by atoms with Crippen molar-refractivity contribution in [2.45, 2.75) is 12.5 Å². The van der Waals surface area contributed by atoms with Gasteiger partial charge in [0, 0.05) is 28.9 Å². The van der Waals surface area contributed by atoms with Crippen molar-refractivity contribution in [1.82, 2.24) is 4.98 Å². The maximum absolute atomic E-state index is 4.91. The molecule has 0 spiro atoms. The van der Waals surface area contributed by atoms with Crippen LogP contribution in [0.1, 0.15) is 23.6 Å². The van der Waals surface area contributed by atoms with Crippen molar-refractivity contribution >= 4 is 27.3 Å². The van der Waals surface area contributed by atoms with Crippen molar-refractivity contribution in [2.24, 2.45) is 5.10 Å². The first-order valence-corrected chi connectivity index (χ1v) is 8.68. The number of pyridine rings is 1.